The van der Waals surface area contributed by atoms with E-state index in [1.54, 1.807) is 19.1 Å². The Kier molecular flexibility index (Phi) is 3.46. The molecule has 0 saturated carbocycles. The molecule has 0 saturated heterocycles. The summed E-state index contributed by atoms with van der Waals surface area (Å²) < 4.78 is 0. The normalized spacial score (nSPS) is 10.1. The zero-order chi connectivity index (χ0) is 9.68. The van der Waals surface area contributed by atoms with E-state index in [1.807, 2.05) is 30.3 Å². The Morgan fingerprint density at radius 2 is 1.92 bits per heavy atom. The van der Waals surface area contributed by atoms with Gasteiger partial charge in [-0.25, -0.2) is 0 Å². The molecular formula is C10H14N2O+. The number of benzene rings is 1. The maximum atomic E-state index is 11.3. The molecule has 3 heteroatoms. The van der Waals surface area contributed by atoms with Crippen molar-refractivity contribution in [2.75, 3.05) is 14.1 Å². The van der Waals surface area contributed by atoms with Crippen molar-refractivity contribution in [1.29, 1.82) is 0 Å². The van der Waals surface area contributed by atoms with Gasteiger partial charge in [-0.3, -0.25) is 4.79 Å². The number of carbonyl (C=O) groups excluding carboxylic acids is 1. The molecule has 69 valence electrons. The van der Waals surface area contributed by atoms with E-state index in [9.17, 15) is 4.79 Å². The van der Waals surface area contributed by atoms with Crippen LogP contribution in [0.5, 0.6) is 0 Å². The van der Waals surface area contributed by atoms with Crippen molar-refractivity contribution in [2.24, 2.45) is 0 Å². The molecule has 0 aliphatic rings. The topological polar surface area (TPSA) is 35.0 Å². The lowest BCUT2D eigenvalue weighted by Crippen LogP contribution is -2.41. The van der Waals surface area contributed by atoms with Gasteiger partial charge in [0, 0.05) is 0 Å². The summed E-state index contributed by atoms with van der Waals surface area (Å²) in [6.07, 6.45) is 0.430. The van der Waals surface area contributed by atoms with Gasteiger partial charge >= 0.3 is 0 Å². The summed E-state index contributed by atoms with van der Waals surface area (Å²) in [5, 5.41) is 1.64. The molecule has 0 bridgehead atoms. The van der Waals surface area contributed by atoms with Crippen molar-refractivity contribution >= 4 is 5.91 Å². The van der Waals surface area contributed by atoms with Crippen LogP contribution in [0.1, 0.15) is 5.56 Å². The fourth-order valence-electron chi connectivity index (χ4n) is 1.07. The van der Waals surface area contributed by atoms with Crippen molar-refractivity contribution in [3.05, 3.63) is 35.9 Å². The first-order chi connectivity index (χ1) is 6.18. The standard InChI is InChI=1S/C10H14N2O/c1-12(2)11-10(13)8-9-6-4-3-5-7-9/h3-7H,8H2,1-2H3,(H,11,13)/q+1. The lowest BCUT2D eigenvalue weighted by atomic mass is 10.1. The second-order valence-corrected chi connectivity index (χ2v) is 3.09. The molecule has 0 fully saturated rings. The van der Waals surface area contributed by atoms with Crippen LogP contribution in [0.3, 0.4) is 0 Å². The molecule has 13 heavy (non-hydrogen) atoms. The molecule has 1 N–H and O–H groups in total. The molecule has 0 atom stereocenters. The first-order valence-electron chi connectivity index (χ1n) is 4.19. The highest BCUT2D eigenvalue weighted by molar-refractivity contribution is 5.78. The number of hydrogen-bond acceptors (Lipinski definition) is 2. The molecule has 0 unspecified atom stereocenters. The second kappa shape index (κ2) is 4.62. The van der Waals surface area contributed by atoms with Crippen LogP contribution in [0, 0.1) is 0 Å². The van der Waals surface area contributed by atoms with Gasteiger partial charge in [0.2, 0.25) is 0 Å². The van der Waals surface area contributed by atoms with Crippen molar-refractivity contribution in [1.82, 2.24) is 10.4 Å². The Morgan fingerprint density at radius 1 is 1.31 bits per heavy atom. The number of amides is 1. The van der Waals surface area contributed by atoms with Gasteiger partial charge in [0.25, 0.3) is 5.91 Å². The highest BCUT2D eigenvalue weighted by atomic mass is 16.2. The summed E-state index contributed by atoms with van der Waals surface area (Å²) >= 11 is 0. The van der Waals surface area contributed by atoms with Gasteiger partial charge in [0.05, 0.1) is 6.42 Å². The number of carbonyl (C=O) groups is 1. The summed E-state index contributed by atoms with van der Waals surface area (Å²) in [4.78, 5) is 11.3. The Hall–Kier alpha value is -1.35. The summed E-state index contributed by atoms with van der Waals surface area (Å²) in [6, 6.07) is 9.67. The number of rotatable bonds is 3. The first kappa shape index (κ1) is 9.74. The highest BCUT2D eigenvalue weighted by Gasteiger charge is 2.07. The van der Waals surface area contributed by atoms with Gasteiger partial charge in [-0.15, -0.1) is 0 Å². The highest BCUT2D eigenvalue weighted by Crippen LogP contribution is 1.98. The number of nitrogens with zero attached hydrogens (tertiary/aromatic N) is 1. The Morgan fingerprint density at radius 3 is 2.46 bits per heavy atom. The van der Waals surface area contributed by atoms with Crippen LogP contribution in [0.2, 0.25) is 0 Å². The predicted molar refractivity (Wildman–Crippen MR) is 52.3 cm³/mol. The largest absolute Gasteiger partial charge is 0.273 e. The van der Waals surface area contributed by atoms with E-state index < -0.39 is 0 Å². The first-order valence-corrected chi connectivity index (χ1v) is 4.19. The van der Waals surface area contributed by atoms with E-state index in [1.165, 1.54) is 0 Å². The fraction of sp³-hybridized carbons (Fsp3) is 0.300. The van der Waals surface area contributed by atoms with Gasteiger partial charge in [-0.2, -0.15) is 5.43 Å². The van der Waals surface area contributed by atoms with Crippen LogP contribution in [-0.4, -0.2) is 20.0 Å². The summed E-state index contributed by atoms with van der Waals surface area (Å²) in [5.41, 5.74) is 3.72. The third kappa shape index (κ3) is 3.71. The van der Waals surface area contributed by atoms with Crippen molar-refractivity contribution in [2.45, 2.75) is 6.42 Å². The lowest BCUT2D eigenvalue weighted by Gasteiger charge is -2.02. The van der Waals surface area contributed by atoms with Crippen LogP contribution < -0.4 is 10.4 Å². The summed E-state index contributed by atoms with van der Waals surface area (Å²) in [6.45, 7) is 0. The maximum Gasteiger partial charge on any atom is 0.273 e. The summed E-state index contributed by atoms with van der Waals surface area (Å²) in [5.74, 6) is 0.0104. The van der Waals surface area contributed by atoms with Gasteiger partial charge in [-0.1, -0.05) is 35.3 Å². The molecule has 1 amide bonds. The third-order valence-electron chi connectivity index (χ3n) is 1.56. The predicted octanol–water partition coefficient (Wildman–Crippen LogP) is 0.660. The minimum absolute atomic E-state index is 0.0104. The molecule has 1 rings (SSSR count). The number of hydrogen-bond donors (Lipinski definition) is 1. The van der Waals surface area contributed by atoms with Crippen LogP contribution in [0.4, 0.5) is 0 Å². The molecular weight excluding hydrogens is 164 g/mol. The van der Waals surface area contributed by atoms with E-state index in [-0.39, 0.29) is 5.91 Å². The van der Waals surface area contributed by atoms with Crippen LogP contribution in [0.15, 0.2) is 30.3 Å². The minimum atomic E-state index is 0.0104. The Labute approximate surface area is 78.3 Å². The van der Waals surface area contributed by atoms with Gasteiger partial charge in [-0.05, 0) is 5.56 Å². The smallest absolute Gasteiger partial charge is 0.269 e. The second-order valence-electron chi connectivity index (χ2n) is 3.09. The van der Waals surface area contributed by atoms with E-state index in [0.717, 1.165) is 5.56 Å². The minimum Gasteiger partial charge on any atom is -0.269 e. The average Bonchev–Trinajstić information content (AvgIpc) is 2.04. The molecule has 1 aromatic rings. The SMILES string of the molecule is C[N+](C)NC(=O)Cc1ccccc1. The van der Waals surface area contributed by atoms with Crippen LogP contribution in [0.25, 0.3) is 0 Å². The third-order valence-corrected chi connectivity index (χ3v) is 1.56. The lowest BCUT2D eigenvalue weighted by molar-refractivity contribution is -0.122. The Bertz CT molecular complexity index is 270. The van der Waals surface area contributed by atoms with Gasteiger partial charge in [0.1, 0.15) is 14.1 Å². The number of hydrazine groups is 1. The molecule has 1 radical (unpaired) electrons. The monoisotopic (exact) mass is 178 g/mol. The molecule has 0 spiro atoms. The van der Waals surface area contributed by atoms with Crippen LogP contribution >= 0.6 is 0 Å². The molecule has 0 aliphatic carbocycles. The quantitative estimate of drug-likeness (QED) is 0.535. The fourth-order valence-corrected chi connectivity index (χ4v) is 1.07. The zero-order valence-corrected chi connectivity index (χ0v) is 7.95. The van der Waals surface area contributed by atoms with Crippen molar-refractivity contribution < 1.29 is 4.79 Å². The zero-order valence-electron chi connectivity index (χ0n) is 7.95. The maximum absolute atomic E-state index is 11.3. The molecule has 3 nitrogen and oxygen atoms in total. The van der Waals surface area contributed by atoms with E-state index in [4.69, 9.17) is 0 Å². The number of nitrogens with one attached hydrogen (secondary N) is 1. The molecule has 0 aromatic heterocycles. The van der Waals surface area contributed by atoms with Crippen molar-refractivity contribution in [3.63, 3.8) is 0 Å². The molecule has 0 aliphatic heterocycles. The Balaban J connectivity index is 2.46. The van der Waals surface area contributed by atoms with Gasteiger partial charge < -0.3 is 0 Å². The van der Waals surface area contributed by atoms with Gasteiger partial charge in [0.15, 0.2) is 0 Å². The van der Waals surface area contributed by atoms with Crippen LogP contribution in [-0.2, 0) is 11.2 Å². The average molecular weight is 178 g/mol. The van der Waals surface area contributed by atoms with E-state index in [0.29, 0.717) is 6.42 Å². The van der Waals surface area contributed by atoms with E-state index in [2.05, 4.69) is 5.43 Å². The van der Waals surface area contributed by atoms with E-state index >= 15 is 0 Å². The molecule has 1 aromatic carbocycles. The molecule has 0 heterocycles. The van der Waals surface area contributed by atoms with Crippen molar-refractivity contribution in [3.8, 4) is 0 Å². The summed E-state index contributed by atoms with van der Waals surface area (Å²) in [7, 11) is 3.59.